The van der Waals surface area contributed by atoms with Crippen LogP contribution >= 0.6 is 0 Å². The number of benzene rings is 1. The first kappa shape index (κ1) is 13.1. The van der Waals surface area contributed by atoms with Gasteiger partial charge in [0.15, 0.2) is 0 Å². The van der Waals surface area contributed by atoms with E-state index in [0.717, 1.165) is 30.5 Å². The van der Waals surface area contributed by atoms with Gasteiger partial charge in [0, 0.05) is 31.2 Å². The molecule has 0 aliphatic carbocycles. The number of nitrogens with one attached hydrogen (secondary N) is 2. The van der Waals surface area contributed by atoms with Crippen molar-refractivity contribution in [3.63, 3.8) is 0 Å². The average molecular weight is 247 g/mol. The number of hydrogen-bond acceptors (Lipinski definition) is 4. The summed E-state index contributed by atoms with van der Waals surface area (Å²) in [4.78, 5) is 10.5. The van der Waals surface area contributed by atoms with E-state index in [4.69, 9.17) is 5.73 Å². The van der Waals surface area contributed by atoms with Crippen LogP contribution in [0.3, 0.4) is 0 Å². The summed E-state index contributed by atoms with van der Waals surface area (Å²) in [7, 11) is 0. The van der Waals surface area contributed by atoms with E-state index >= 15 is 0 Å². The molecule has 1 heterocycles. The van der Waals surface area contributed by atoms with Crippen molar-refractivity contribution in [1.29, 1.82) is 0 Å². The van der Waals surface area contributed by atoms with Gasteiger partial charge >= 0.3 is 0 Å². The van der Waals surface area contributed by atoms with Crippen LogP contribution in [0.25, 0.3) is 0 Å². The predicted molar refractivity (Wildman–Crippen MR) is 73.4 cm³/mol. The summed E-state index contributed by atoms with van der Waals surface area (Å²) in [5.41, 5.74) is 8.65. The van der Waals surface area contributed by atoms with Gasteiger partial charge in [0.2, 0.25) is 0 Å². The van der Waals surface area contributed by atoms with Gasteiger partial charge in [-0.15, -0.1) is 0 Å². The zero-order valence-corrected chi connectivity index (χ0v) is 11.0. The van der Waals surface area contributed by atoms with Crippen molar-refractivity contribution in [1.82, 2.24) is 10.6 Å². The van der Waals surface area contributed by atoms with E-state index in [0.29, 0.717) is 18.2 Å². The van der Waals surface area contributed by atoms with E-state index in [9.17, 15) is 4.79 Å². The van der Waals surface area contributed by atoms with Crippen LogP contribution in [0, 0.1) is 0 Å². The lowest BCUT2D eigenvalue weighted by atomic mass is 9.88. The summed E-state index contributed by atoms with van der Waals surface area (Å²) in [5, 5.41) is 7.02. The van der Waals surface area contributed by atoms with Gasteiger partial charge in [-0.1, -0.05) is 12.1 Å². The van der Waals surface area contributed by atoms with Crippen molar-refractivity contribution < 1.29 is 4.79 Å². The van der Waals surface area contributed by atoms with E-state index in [1.165, 1.54) is 0 Å². The number of rotatable bonds is 3. The lowest BCUT2D eigenvalue weighted by Crippen LogP contribution is -2.59. The van der Waals surface area contributed by atoms with E-state index in [1.54, 1.807) is 0 Å². The van der Waals surface area contributed by atoms with Crippen molar-refractivity contribution >= 4 is 12.0 Å². The van der Waals surface area contributed by atoms with E-state index in [1.807, 2.05) is 12.1 Å². The lowest BCUT2D eigenvalue weighted by molar-refractivity contribution is -0.107. The molecule has 2 atom stereocenters. The fraction of sp³-hybridized carbons (Fsp3) is 0.500. The number of hydrogen-bond donors (Lipinski definition) is 3. The minimum atomic E-state index is -0.106. The Morgan fingerprint density at radius 3 is 2.94 bits per heavy atom. The standard InChI is InChI=1S/C14H21N3O/c1-10-8-16-9-14(2,17-10)12-4-3-11(5-6-18)13(15)7-12/h3-4,6-7,10,16-17H,5,8-9,15H2,1-2H3. The molecule has 0 radical (unpaired) electrons. The molecule has 1 aromatic carbocycles. The minimum Gasteiger partial charge on any atom is -0.398 e. The molecule has 0 spiro atoms. The minimum absolute atomic E-state index is 0.106. The number of anilines is 1. The Morgan fingerprint density at radius 2 is 2.33 bits per heavy atom. The number of nitrogen functional groups attached to an aromatic ring is 1. The van der Waals surface area contributed by atoms with Gasteiger partial charge < -0.3 is 21.2 Å². The Labute approximate surface area is 108 Å². The highest BCUT2D eigenvalue weighted by Gasteiger charge is 2.31. The van der Waals surface area contributed by atoms with E-state index in [-0.39, 0.29) is 5.54 Å². The van der Waals surface area contributed by atoms with Crippen LogP contribution in [0.2, 0.25) is 0 Å². The Balaban J connectivity index is 2.27. The van der Waals surface area contributed by atoms with Crippen molar-refractivity contribution in [3.8, 4) is 0 Å². The molecule has 4 heteroatoms. The summed E-state index contributed by atoms with van der Waals surface area (Å²) in [6.45, 7) is 6.19. The normalized spacial score (nSPS) is 28.0. The van der Waals surface area contributed by atoms with Crippen LogP contribution in [0.15, 0.2) is 18.2 Å². The third-order valence-electron chi connectivity index (χ3n) is 3.58. The molecule has 1 fully saturated rings. The molecule has 1 aliphatic rings. The zero-order chi connectivity index (χ0) is 13.2. The van der Waals surface area contributed by atoms with Gasteiger partial charge in [0.1, 0.15) is 6.29 Å². The molecule has 1 aliphatic heterocycles. The Kier molecular flexibility index (Phi) is 3.68. The third-order valence-corrected chi connectivity index (χ3v) is 3.58. The van der Waals surface area contributed by atoms with E-state index < -0.39 is 0 Å². The lowest BCUT2D eigenvalue weighted by Gasteiger charge is -2.40. The SMILES string of the molecule is CC1CNCC(C)(c2ccc(CC=O)c(N)c2)N1. The second-order valence-corrected chi connectivity index (χ2v) is 5.29. The fourth-order valence-electron chi connectivity index (χ4n) is 2.58. The first-order chi connectivity index (χ1) is 8.55. The summed E-state index contributed by atoms with van der Waals surface area (Å²) in [6, 6.07) is 6.42. The highest BCUT2D eigenvalue weighted by atomic mass is 16.1. The van der Waals surface area contributed by atoms with Crippen molar-refractivity contribution in [3.05, 3.63) is 29.3 Å². The first-order valence-corrected chi connectivity index (χ1v) is 6.36. The topological polar surface area (TPSA) is 67.2 Å². The maximum Gasteiger partial charge on any atom is 0.124 e. The molecule has 2 rings (SSSR count). The van der Waals surface area contributed by atoms with Crippen LogP contribution in [0.4, 0.5) is 5.69 Å². The number of aldehydes is 1. The molecule has 2 unspecified atom stereocenters. The molecule has 0 aromatic heterocycles. The van der Waals surface area contributed by atoms with Gasteiger partial charge in [-0.25, -0.2) is 0 Å². The summed E-state index contributed by atoms with van der Waals surface area (Å²) in [6.07, 6.45) is 1.26. The molecule has 98 valence electrons. The molecule has 1 saturated heterocycles. The molecular formula is C14H21N3O. The third kappa shape index (κ3) is 2.54. The molecule has 1 aromatic rings. The van der Waals surface area contributed by atoms with Crippen LogP contribution in [0.1, 0.15) is 25.0 Å². The zero-order valence-electron chi connectivity index (χ0n) is 11.0. The second-order valence-electron chi connectivity index (χ2n) is 5.29. The maximum absolute atomic E-state index is 10.5. The monoisotopic (exact) mass is 247 g/mol. The average Bonchev–Trinajstić information content (AvgIpc) is 2.31. The highest BCUT2D eigenvalue weighted by Crippen LogP contribution is 2.26. The summed E-state index contributed by atoms with van der Waals surface area (Å²) >= 11 is 0. The smallest absolute Gasteiger partial charge is 0.124 e. The Bertz CT molecular complexity index is 447. The summed E-state index contributed by atoms with van der Waals surface area (Å²) < 4.78 is 0. The van der Waals surface area contributed by atoms with Gasteiger partial charge in [-0.2, -0.15) is 0 Å². The van der Waals surface area contributed by atoms with Gasteiger partial charge in [0.05, 0.1) is 5.54 Å². The molecule has 4 N–H and O–H groups in total. The Hall–Kier alpha value is -1.39. The highest BCUT2D eigenvalue weighted by molar-refractivity contribution is 5.62. The second kappa shape index (κ2) is 5.08. The van der Waals surface area contributed by atoms with Crippen molar-refractivity contribution in [2.45, 2.75) is 31.8 Å². The van der Waals surface area contributed by atoms with Crippen LogP contribution in [-0.2, 0) is 16.8 Å². The molecule has 4 nitrogen and oxygen atoms in total. The van der Waals surface area contributed by atoms with Crippen LogP contribution in [-0.4, -0.2) is 25.4 Å². The number of carbonyl (C=O) groups is 1. The first-order valence-electron chi connectivity index (χ1n) is 6.36. The molecule has 0 bridgehead atoms. The quantitative estimate of drug-likeness (QED) is 0.546. The molecule has 0 amide bonds. The van der Waals surface area contributed by atoms with Gasteiger partial charge in [0.25, 0.3) is 0 Å². The van der Waals surface area contributed by atoms with E-state index in [2.05, 4.69) is 30.5 Å². The van der Waals surface area contributed by atoms with Crippen molar-refractivity contribution in [2.24, 2.45) is 0 Å². The largest absolute Gasteiger partial charge is 0.398 e. The molecule has 18 heavy (non-hydrogen) atoms. The summed E-state index contributed by atoms with van der Waals surface area (Å²) in [5.74, 6) is 0. The maximum atomic E-state index is 10.5. The molecule has 0 saturated carbocycles. The van der Waals surface area contributed by atoms with Gasteiger partial charge in [-0.3, -0.25) is 0 Å². The predicted octanol–water partition coefficient (Wildman–Crippen LogP) is 0.807. The number of piperazine rings is 1. The van der Waals surface area contributed by atoms with Crippen LogP contribution < -0.4 is 16.4 Å². The van der Waals surface area contributed by atoms with Crippen LogP contribution in [0.5, 0.6) is 0 Å². The Morgan fingerprint density at radius 1 is 1.56 bits per heavy atom. The number of carbonyl (C=O) groups excluding carboxylic acids is 1. The number of nitrogens with two attached hydrogens (primary N) is 1. The molecular weight excluding hydrogens is 226 g/mol. The van der Waals surface area contributed by atoms with Crippen molar-refractivity contribution in [2.75, 3.05) is 18.8 Å². The van der Waals surface area contributed by atoms with Gasteiger partial charge in [-0.05, 0) is 31.0 Å². The fourth-order valence-corrected chi connectivity index (χ4v) is 2.58.